The van der Waals surface area contributed by atoms with Crippen LogP contribution in [0.25, 0.3) is 49.4 Å². The van der Waals surface area contributed by atoms with Crippen LogP contribution in [0.4, 0.5) is 0 Å². The Balaban J connectivity index is 1.51. The van der Waals surface area contributed by atoms with E-state index in [0.717, 1.165) is 50.6 Å². The number of nitriles is 1. The van der Waals surface area contributed by atoms with Crippen molar-refractivity contribution in [2.24, 2.45) is 0 Å². The van der Waals surface area contributed by atoms with Gasteiger partial charge in [0.2, 0.25) is 0 Å². The minimum atomic E-state index is 0.651. The summed E-state index contributed by atoms with van der Waals surface area (Å²) >= 11 is 0. The first-order chi connectivity index (χ1) is 17.3. The quantitative estimate of drug-likeness (QED) is 0.274. The number of hydrogen-bond acceptors (Lipinski definition) is 2. The van der Waals surface area contributed by atoms with Crippen LogP contribution in [-0.4, -0.2) is 4.57 Å². The molecule has 164 valence electrons. The molecule has 0 spiro atoms. The third-order valence-electron chi connectivity index (χ3n) is 6.91. The van der Waals surface area contributed by atoms with E-state index in [1.54, 1.807) is 0 Å². The summed E-state index contributed by atoms with van der Waals surface area (Å²) in [6, 6.07) is 39.8. The molecule has 0 aliphatic carbocycles. The molecule has 3 nitrogen and oxygen atoms in total. The van der Waals surface area contributed by atoms with Crippen LogP contribution in [-0.2, 0) is 6.42 Å². The van der Waals surface area contributed by atoms with Crippen molar-refractivity contribution in [1.29, 1.82) is 5.26 Å². The van der Waals surface area contributed by atoms with Crippen molar-refractivity contribution in [1.82, 2.24) is 4.57 Å². The Morgan fingerprint density at radius 3 is 2.03 bits per heavy atom. The molecule has 3 heteroatoms. The van der Waals surface area contributed by atoms with Crippen LogP contribution in [0.2, 0.25) is 0 Å². The molecule has 0 amide bonds. The molecule has 7 aromatic rings. The van der Waals surface area contributed by atoms with Crippen molar-refractivity contribution >= 4 is 43.7 Å². The average molecular weight is 449 g/mol. The molecule has 0 saturated carbocycles. The van der Waals surface area contributed by atoms with Crippen molar-refractivity contribution in [2.75, 3.05) is 0 Å². The molecule has 0 aliphatic rings. The minimum Gasteiger partial charge on any atom is -0.456 e. The summed E-state index contributed by atoms with van der Waals surface area (Å²) in [4.78, 5) is 0. The van der Waals surface area contributed by atoms with Gasteiger partial charge < -0.3 is 8.98 Å². The number of rotatable bonds is 3. The molecular formula is C32H20N2O. The van der Waals surface area contributed by atoms with Gasteiger partial charge in [0.1, 0.15) is 11.2 Å². The molecule has 0 unspecified atom stereocenters. The second-order valence-corrected chi connectivity index (χ2v) is 8.89. The molecule has 0 atom stereocenters. The van der Waals surface area contributed by atoms with E-state index < -0.39 is 0 Å². The van der Waals surface area contributed by atoms with Crippen LogP contribution in [0.3, 0.4) is 0 Å². The van der Waals surface area contributed by atoms with E-state index in [2.05, 4.69) is 89.5 Å². The van der Waals surface area contributed by atoms with E-state index in [1.807, 2.05) is 30.3 Å². The van der Waals surface area contributed by atoms with Crippen molar-refractivity contribution in [3.8, 4) is 11.8 Å². The SMILES string of the molecule is N#Cc1ccc(Cc2cccc3oc4ccccc4c23)c(-n2c3ccccc3c3ccccc32)c1. The van der Waals surface area contributed by atoms with Gasteiger partial charge in [-0.1, -0.05) is 72.8 Å². The molecule has 7 rings (SSSR count). The molecule has 0 bridgehead atoms. The monoisotopic (exact) mass is 448 g/mol. The largest absolute Gasteiger partial charge is 0.456 e. The van der Waals surface area contributed by atoms with Gasteiger partial charge in [-0.25, -0.2) is 0 Å². The maximum atomic E-state index is 9.73. The highest BCUT2D eigenvalue weighted by atomic mass is 16.3. The summed E-state index contributed by atoms with van der Waals surface area (Å²) in [6.45, 7) is 0. The molecule has 0 aliphatic heterocycles. The molecule has 0 saturated heterocycles. The predicted octanol–water partition coefficient (Wildman–Crippen LogP) is 8.15. The zero-order valence-electron chi connectivity index (χ0n) is 18.9. The van der Waals surface area contributed by atoms with E-state index >= 15 is 0 Å². The fourth-order valence-electron chi connectivity index (χ4n) is 5.37. The van der Waals surface area contributed by atoms with E-state index in [9.17, 15) is 5.26 Å². The highest BCUT2D eigenvalue weighted by molar-refractivity contribution is 6.09. The van der Waals surface area contributed by atoms with Crippen LogP contribution in [0.5, 0.6) is 0 Å². The fourth-order valence-corrected chi connectivity index (χ4v) is 5.37. The number of hydrogen-bond donors (Lipinski definition) is 0. The van der Waals surface area contributed by atoms with Gasteiger partial charge in [-0.05, 0) is 47.5 Å². The molecular weight excluding hydrogens is 428 g/mol. The standard InChI is InChI=1S/C32H20N2O/c33-20-21-16-17-22(19-23-8-7-15-31-32(23)26-11-3-6-14-30(26)35-31)29(18-21)34-27-12-4-1-9-24(27)25-10-2-5-13-28(25)34/h1-18H,19H2. The fraction of sp³-hybridized carbons (Fsp3) is 0.0312. The Kier molecular flexibility index (Phi) is 4.27. The van der Waals surface area contributed by atoms with E-state index in [0.29, 0.717) is 5.56 Å². The molecule has 2 heterocycles. The predicted molar refractivity (Wildman–Crippen MR) is 142 cm³/mol. The second kappa shape index (κ2) is 7.62. The number of para-hydroxylation sites is 3. The van der Waals surface area contributed by atoms with Gasteiger partial charge in [0.25, 0.3) is 0 Å². The maximum absolute atomic E-state index is 9.73. The van der Waals surface area contributed by atoms with Gasteiger partial charge in [-0.3, -0.25) is 0 Å². The van der Waals surface area contributed by atoms with Gasteiger partial charge in [0.15, 0.2) is 0 Å². The Hall–Kier alpha value is -4.81. The van der Waals surface area contributed by atoms with Gasteiger partial charge in [0.05, 0.1) is 28.4 Å². The lowest BCUT2D eigenvalue weighted by atomic mass is 9.97. The number of benzene rings is 5. The van der Waals surface area contributed by atoms with E-state index in [4.69, 9.17) is 4.42 Å². The normalized spacial score (nSPS) is 11.5. The van der Waals surface area contributed by atoms with Gasteiger partial charge in [0, 0.05) is 28.0 Å². The first kappa shape index (κ1) is 19.6. The lowest BCUT2D eigenvalue weighted by Gasteiger charge is -2.15. The Morgan fingerprint density at radius 1 is 0.629 bits per heavy atom. The highest BCUT2D eigenvalue weighted by Gasteiger charge is 2.17. The number of aromatic nitrogens is 1. The Bertz CT molecular complexity index is 1900. The minimum absolute atomic E-state index is 0.651. The third-order valence-corrected chi connectivity index (χ3v) is 6.91. The molecule has 0 N–H and O–H groups in total. The van der Waals surface area contributed by atoms with Crippen molar-refractivity contribution in [3.05, 3.63) is 126 Å². The second-order valence-electron chi connectivity index (χ2n) is 8.89. The Morgan fingerprint density at radius 2 is 1.29 bits per heavy atom. The van der Waals surface area contributed by atoms with Crippen molar-refractivity contribution < 1.29 is 4.42 Å². The van der Waals surface area contributed by atoms with E-state index in [-0.39, 0.29) is 0 Å². The van der Waals surface area contributed by atoms with Crippen molar-refractivity contribution in [3.63, 3.8) is 0 Å². The summed E-state index contributed by atoms with van der Waals surface area (Å²) < 4.78 is 8.44. The van der Waals surface area contributed by atoms with Crippen LogP contribution < -0.4 is 0 Å². The number of fused-ring (bicyclic) bond motifs is 6. The lowest BCUT2D eigenvalue weighted by molar-refractivity contribution is 0.668. The first-order valence-corrected chi connectivity index (χ1v) is 11.7. The molecule has 0 radical (unpaired) electrons. The van der Waals surface area contributed by atoms with Crippen molar-refractivity contribution in [2.45, 2.75) is 6.42 Å². The van der Waals surface area contributed by atoms with Crippen LogP contribution >= 0.6 is 0 Å². The Labute approximate surface area is 202 Å². The van der Waals surface area contributed by atoms with E-state index in [1.165, 1.54) is 16.3 Å². The molecule has 2 aromatic heterocycles. The average Bonchev–Trinajstić information content (AvgIpc) is 3.45. The van der Waals surface area contributed by atoms with Gasteiger partial charge in [-0.15, -0.1) is 0 Å². The molecule has 35 heavy (non-hydrogen) atoms. The number of furan rings is 1. The summed E-state index contributed by atoms with van der Waals surface area (Å²) in [6.07, 6.45) is 0.725. The first-order valence-electron chi connectivity index (χ1n) is 11.7. The van der Waals surface area contributed by atoms with Crippen LogP contribution in [0, 0.1) is 11.3 Å². The zero-order valence-corrected chi connectivity index (χ0v) is 18.9. The number of nitrogens with zero attached hydrogens (tertiary/aromatic N) is 2. The van der Waals surface area contributed by atoms with Crippen LogP contribution in [0.1, 0.15) is 16.7 Å². The van der Waals surface area contributed by atoms with Gasteiger partial charge >= 0.3 is 0 Å². The molecule has 5 aromatic carbocycles. The summed E-state index contributed by atoms with van der Waals surface area (Å²) in [5.41, 5.74) is 8.12. The zero-order chi connectivity index (χ0) is 23.4. The summed E-state index contributed by atoms with van der Waals surface area (Å²) in [7, 11) is 0. The smallest absolute Gasteiger partial charge is 0.135 e. The topological polar surface area (TPSA) is 41.9 Å². The summed E-state index contributed by atoms with van der Waals surface area (Å²) in [5.74, 6) is 0. The van der Waals surface area contributed by atoms with Crippen LogP contribution in [0.15, 0.2) is 114 Å². The molecule has 0 fully saturated rings. The highest BCUT2D eigenvalue weighted by Crippen LogP contribution is 2.36. The lowest BCUT2D eigenvalue weighted by Crippen LogP contribution is -2.02. The van der Waals surface area contributed by atoms with Gasteiger partial charge in [-0.2, -0.15) is 5.26 Å². The summed E-state index contributed by atoms with van der Waals surface area (Å²) in [5, 5.41) is 14.4. The maximum Gasteiger partial charge on any atom is 0.135 e. The third kappa shape index (κ3) is 2.97.